The van der Waals surface area contributed by atoms with E-state index in [1.54, 1.807) is 0 Å². The third kappa shape index (κ3) is 7.37. The number of rotatable bonds is 9. The van der Waals surface area contributed by atoms with E-state index in [0.717, 1.165) is 23.2 Å². The second kappa shape index (κ2) is 10.7. The highest BCUT2D eigenvalue weighted by Crippen LogP contribution is 2.16. The molecule has 1 aromatic carbocycles. The molecule has 1 rings (SSSR count). The van der Waals surface area contributed by atoms with Crippen LogP contribution in [0.4, 0.5) is 0 Å². The van der Waals surface area contributed by atoms with Crippen LogP contribution in [0.3, 0.4) is 0 Å². The normalized spacial score (nSPS) is 13.2. The molecule has 22 heavy (non-hydrogen) atoms. The van der Waals surface area contributed by atoms with Crippen LogP contribution in [0.5, 0.6) is 0 Å². The third-order valence-electron chi connectivity index (χ3n) is 3.63. The van der Waals surface area contributed by atoms with Crippen LogP contribution in [0.15, 0.2) is 40.5 Å². The number of hydrogen-bond acceptors (Lipinski definition) is 2. The Hall–Kier alpha value is -0.930. The average Bonchev–Trinajstić information content (AvgIpc) is 2.52. The first-order valence-electron chi connectivity index (χ1n) is 8.11. The van der Waals surface area contributed by atoms with Crippen LogP contribution in [0.2, 0.25) is 0 Å². The summed E-state index contributed by atoms with van der Waals surface area (Å²) in [7, 11) is 0. The summed E-state index contributed by atoms with van der Waals surface area (Å²) >= 11 is 3.42. The number of hydrogen-bond donors (Lipinski definition) is 0. The number of aryl methyl sites for hydroxylation is 1. The second-order valence-corrected chi connectivity index (χ2v) is 6.75. The summed E-state index contributed by atoms with van der Waals surface area (Å²) < 4.78 is 6.77. The second-order valence-electron chi connectivity index (χ2n) is 5.60. The van der Waals surface area contributed by atoms with Gasteiger partial charge in [0.2, 0.25) is 0 Å². The number of allylic oxidation sites excluding steroid dienone is 1. The molecule has 0 aliphatic rings. The predicted molar refractivity (Wildman–Crippen MR) is 99.7 cm³/mol. The molecule has 0 unspecified atom stereocenters. The molecule has 0 aliphatic carbocycles. The van der Waals surface area contributed by atoms with Crippen LogP contribution in [0, 0.1) is 0 Å². The van der Waals surface area contributed by atoms with Gasteiger partial charge in [0.1, 0.15) is 0 Å². The Balaban J connectivity index is 2.61. The quantitative estimate of drug-likeness (QED) is 0.488. The Kier molecular flexibility index (Phi) is 9.33. The van der Waals surface area contributed by atoms with Gasteiger partial charge in [-0.25, -0.2) is 4.99 Å². The molecule has 122 valence electrons. The molecule has 0 N–H and O–H groups in total. The lowest BCUT2D eigenvalue weighted by Crippen LogP contribution is -2.01. The lowest BCUT2D eigenvalue weighted by Gasteiger charge is -2.10. The van der Waals surface area contributed by atoms with E-state index < -0.39 is 0 Å². The predicted octanol–water partition coefficient (Wildman–Crippen LogP) is 6.04. The summed E-state index contributed by atoms with van der Waals surface area (Å²) in [6.45, 7) is 9.69. The highest BCUT2D eigenvalue weighted by atomic mass is 79.9. The van der Waals surface area contributed by atoms with E-state index in [9.17, 15) is 0 Å². The van der Waals surface area contributed by atoms with E-state index >= 15 is 0 Å². The first-order chi connectivity index (χ1) is 10.6. The molecule has 2 nitrogen and oxygen atoms in total. The number of halogens is 1. The fraction of sp³-hybridized carbons (Fsp3) is 0.526. The van der Waals surface area contributed by atoms with Gasteiger partial charge in [0, 0.05) is 0 Å². The molecular weight excluding hydrogens is 338 g/mol. The minimum atomic E-state index is 0.564. The molecule has 0 radical (unpaired) electrons. The van der Waals surface area contributed by atoms with E-state index in [1.165, 1.54) is 29.5 Å². The Morgan fingerprint density at radius 2 is 1.73 bits per heavy atom. The molecule has 0 aromatic heterocycles. The van der Waals surface area contributed by atoms with Crippen molar-refractivity contribution in [1.29, 1.82) is 0 Å². The van der Waals surface area contributed by atoms with Crippen molar-refractivity contribution in [3.8, 4) is 0 Å². The summed E-state index contributed by atoms with van der Waals surface area (Å²) in [4.78, 5) is 4.58. The monoisotopic (exact) mass is 365 g/mol. The molecule has 0 amide bonds. The minimum absolute atomic E-state index is 0.564. The van der Waals surface area contributed by atoms with E-state index in [2.05, 4.69) is 66.0 Å². The Morgan fingerprint density at radius 1 is 1.09 bits per heavy atom. The van der Waals surface area contributed by atoms with Gasteiger partial charge in [-0.05, 0) is 65.7 Å². The lowest BCUT2D eigenvalue weighted by molar-refractivity contribution is 0.141. The van der Waals surface area contributed by atoms with Crippen molar-refractivity contribution in [1.82, 2.24) is 0 Å². The third-order valence-corrected chi connectivity index (χ3v) is 3.80. The maximum atomic E-state index is 5.87. The standard InChI is InChI=1S/C19H28BrNO/c1-5-7-8-15(3)19(21-16(4)20)14-22-13-18-11-9-17(6-2)10-12-18/h9-12H,5-8,13-14H2,1-4H3/b19-15-,21-16+. The fourth-order valence-corrected chi connectivity index (χ4v) is 2.37. The topological polar surface area (TPSA) is 21.6 Å². The van der Waals surface area contributed by atoms with E-state index in [1.807, 2.05) is 6.92 Å². The van der Waals surface area contributed by atoms with Crippen LogP contribution in [-0.4, -0.2) is 11.2 Å². The molecule has 0 spiro atoms. The minimum Gasteiger partial charge on any atom is -0.370 e. The zero-order chi connectivity index (χ0) is 16.4. The molecule has 0 atom stereocenters. The number of nitrogens with zero attached hydrogens (tertiary/aromatic N) is 1. The van der Waals surface area contributed by atoms with Crippen molar-refractivity contribution >= 4 is 20.6 Å². The SMILES string of the molecule is CCCC/C(C)=C(COCc1ccc(CC)cc1)\N=C(/C)Br. The molecule has 0 saturated heterocycles. The number of benzene rings is 1. The van der Waals surface area contributed by atoms with Crippen molar-refractivity contribution in [3.63, 3.8) is 0 Å². The maximum absolute atomic E-state index is 5.87. The highest BCUT2D eigenvalue weighted by molar-refractivity contribution is 9.18. The maximum Gasteiger partial charge on any atom is 0.0892 e. The first-order valence-corrected chi connectivity index (χ1v) is 8.91. The average molecular weight is 366 g/mol. The molecule has 3 heteroatoms. The van der Waals surface area contributed by atoms with Crippen molar-refractivity contribution in [3.05, 3.63) is 46.7 Å². The largest absolute Gasteiger partial charge is 0.370 e. The number of ether oxygens (including phenoxy) is 1. The smallest absolute Gasteiger partial charge is 0.0892 e. The first kappa shape index (κ1) is 19.1. The van der Waals surface area contributed by atoms with Crippen LogP contribution in [0.25, 0.3) is 0 Å². The fourth-order valence-electron chi connectivity index (χ4n) is 2.16. The summed E-state index contributed by atoms with van der Waals surface area (Å²) in [5, 5.41) is 0. The van der Waals surface area contributed by atoms with Crippen LogP contribution in [-0.2, 0) is 17.8 Å². The van der Waals surface area contributed by atoms with E-state index in [0.29, 0.717) is 13.2 Å². The van der Waals surface area contributed by atoms with Crippen LogP contribution in [0.1, 0.15) is 58.1 Å². The van der Waals surface area contributed by atoms with Crippen molar-refractivity contribution in [2.75, 3.05) is 6.61 Å². The van der Waals surface area contributed by atoms with Gasteiger partial charge in [-0.15, -0.1) is 0 Å². The molecule has 0 bridgehead atoms. The van der Waals surface area contributed by atoms with E-state index in [4.69, 9.17) is 4.74 Å². The Labute approximate surface area is 143 Å². The number of unbranched alkanes of at least 4 members (excludes halogenated alkanes) is 1. The Bertz CT molecular complexity index is 499. The molecule has 1 aromatic rings. The van der Waals surface area contributed by atoms with Gasteiger partial charge in [0.25, 0.3) is 0 Å². The molecule has 0 heterocycles. The molecule has 0 fully saturated rings. The van der Waals surface area contributed by atoms with Crippen LogP contribution >= 0.6 is 15.9 Å². The van der Waals surface area contributed by atoms with E-state index in [-0.39, 0.29) is 0 Å². The summed E-state index contributed by atoms with van der Waals surface area (Å²) in [5.74, 6) is 0. The zero-order valence-corrected chi connectivity index (χ0v) is 15.9. The van der Waals surface area contributed by atoms with Crippen LogP contribution < -0.4 is 0 Å². The van der Waals surface area contributed by atoms with Gasteiger partial charge in [-0.3, -0.25) is 0 Å². The molecule has 0 saturated carbocycles. The number of aliphatic imine (C=N–C) groups is 1. The zero-order valence-electron chi connectivity index (χ0n) is 14.3. The van der Waals surface area contributed by atoms with Gasteiger partial charge in [0.05, 0.1) is 23.5 Å². The van der Waals surface area contributed by atoms with Crippen molar-refractivity contribution in [2.45, 2.75) is 60.0 Å². The summed E-state index contributed by atoms with van der Waals surface area (Å²) in [6, 6.07) is 8.63. The van der Waals surface area contributed by atoms with Gasteiger partial charge >= 0.3 is 0 Å². The van der Waals surface area contributed by atoms with Gasteiger partial charge in [0.15, 0.2) is 0 Å². The van der Waals surface area contributed by atoms with Gasteiger partial charge < -0.3 is 4.74 Å². The van der Waals surface area contributed by atoms with Crippen molar-refractivity contribution in [2.24, 2.45) is 4.99 Å². The molecule has 0 aliphatic heterocycles. The lowest BCUT2D eigenvalue weighted by atomic mass is 10.1. The molecular formula is C19H28BrNO. The van der Waals surface area contributed by atoms with Crippen molar-refractivity contribution < 1.29 is 4.74 Å². The van der Waals surface area contributed by atoms with Gasteiger partial charge in [-0.2, -0.15) is 0 Å². The summed E-state index contributed by atoms with van der Waals surface area (Å²) in [6.07, 6.45) is 4.56. The summed E-state index contributed by atoms with van der Waals surface area (Å²) in [5.41, 5.74) is 4.94. The van der Waals surface area contributed by atoms with Gasteiger partial charge in [-0.1, -0.05) is 44.5 Å². The Morgan fingerprint density at radius 3 is 2.27 bits per heavy atom. The highest BCUT2D eigenvalue weighted by Gasteiger charge is 2.03.